The van der Waals surface area contributed by atoms with Gasteiger partial charge in [-0.3, -0.25) is 0 Å². The summed E-state index contributed by atoms with van der Waals surface area (Å²) in [6.07, 6.45) is 1.62. The highest BCUT2D eigenvalue weighted by molar-refractivity contribution is 5.37. The third kappa shape index (κ3) is 2.96. The van der Waals surface area contributed by atoms with Gasteiger partial charge in [0, 0.05) is 24.4 Å². The molecule has 1 unspecified atom stereocenters. The molecule has 2 N–H and O–H groups in total. The molecule has 2 rings (SSSR count). The molecule has 0 spiro atoms. The lowest BCUT2D eigenvalue weighted by Crippen LogP contribution is -2.27. The maximum atomic E-state index is 13.8. The zero-order chi connectivity index (χ0) is 12.3. The fraction of sp³-hybridized carbons (Fsp3) is 0.538. The molecule has 0 aromatic heterocycles. The zero-order valence-electron chi connectivity index (χ0n) is 9.99. The minimum atomic E-state index is -0.341. The Morgan fingerprint density at radius 3 is 2.76 bits per heavy atom. The molecular formula is C13H18FNO2. The molecule has 94 valence electrons. The van der Waals surface area contributed by atoms with Crippen LogP contribution in [0.2, 0.25) is 0 Å². The summed E-state index contributed by atoms with van der Waals surface area (Å²) in [5.41, 5.74) is 6.54. The molecule has 0 aliphatic carbocycles. The highest BCUT2D eigenvalue weighted by Gasteiger charge is 2.20. The van der Waals surface area contributed by atoms with Crippen LogP contribution in [0.3, 0.4) is 0 Å². The summed E-state index contributed by atoms with van der Waals surface area (Å²) in [6.45, 7) is 3.17. The van der Waals surface area contributed by atoms with Gasteiger partial charge in [0.1, 0.15) is 6.10 Å². The van der Waals surface area contributed by atoms with E-state index in [-0.39, 0.29) is 18.0 Å². The number of halogens is 1. The van der Waals surface area contributed by atoms with Gasteiger partial charge in [-0.1, -0.05) is 12.1 Å². The predicted molar refractivity (Wildman–Crippen MR) is 63.5 cm³/mol. The summed E-state index contributed by atoms with van der Waals surface area (Å²) in [5, 5.41) is 0. The molecular weight excluding hydrogens is 221 g/mol. The first kappa shape index (κ1) is 12.3. The Hall–Kier alpha value is -1.13. The molecule has 3 nitrogen and oxygen atoms in total. The van der Waals surface area contributed by atoms with Crippen LogP contribution in [0.5, 0.6) is 5.75 Å². The highest BCUT2D eigenvalue weighted by Crippen LogP contribution is 2.29. The summed E-state index contributed by atoms with van der Waals surface area (Å²) < 4.78 is 24.7. The smallest absolute Gasteiger partial charge is 0.165 e. The van der Waals surface area contributed by atoms with E-state index in [4.69, 9.17) is 15.2 Å². The second-order valence-corrected chi connectivity index (χ2v) is 4.38. The van der Waals surface area contributed by atoms with E-state index in [0.29, 0.717) is 19.0 Å². The summed E-state index contributed by atoms with van der Waals surface area (Å²) in [7, 11) is 0. The van der Waals surface area contributed by atoms with Crippen molar-refractivity contribution in [2.24, 2.45) is 5.73 Å². The van der Waals surface area contributed by atoms with Crippen molar-refractivity contribution in [2.45, 2.75) is 31.9 Å². The fourth-order valence-corrected chi connectivity index (χ4v) is 1.97. The van der Waals surface area contributed by atoms with Gasteiger partial charge in [0.05, 0.1) is 13.2 Å². The molecule has 1 fully saturated rings. The van der Waals surface area contributed by atoms with E-state index in [1.807, 2.05) is 13.0 Å². The molecule has 1 aromatic rings. The first-order valence-corrected chi connectivity index (χ1v) is 5.97. The topological polar surface area (TPSA) is 44.5 Å². The van der Waals surface area contributed by atoms with Gasteiger partial charge < -0.3 is 15.2 Å². The standard InChI is InChI=1S/C13H18FNO2/c1-9(15)11-3-2-4-12(14)13(11)17-10-5-7-16-8-6-10/h2-4,9-10H,5-8,15H2,1H3. The molecule has 1 saturated heterocycles. The van der Waals surface area contributed by atoms with Crippen molar-refractivity contribution in [2.75, 3.05) is 13.2 Å². The summed E-state index contributed by atoms with van der Waals surface area (Å²) in [4.78, 5) is 0. The Balaban J connectivity index is 2.18. The maximum absolute atomic E-state index is 13.8. The summed E-state index contributed by atoms with van der Waals surface area (Å²) in [5.74, 6) is -0.0410. The van der Waals surface area contributed by atoms with Crippen molar-refractivity contribution in [3.8, 4) is 5.75 Å². The van der Waals surface area contributed by atoms with Crippen molar-refractivity contribution in [1.82, 2.24) is 0 Å². The van der Waals surface area contributed by atoms with Crippen LogP contribution in [0.4, 0.5) is 4.39 Å². The Kier molecular flexibility index (Phi) is 3.97. The number of hydrogen-bond donors (Lipinski definition) is 1. The van der Waals surface area contributed by atoms with Crippen LogP contribution in [-0.2, 0) is 4.74 Å². The van der Waals surface area contributed by atoms with E-state index in [0.717, 1.165) is 18.4 Å². The van der Waals surface area contributed by atoms with Gasteiger partial charge in [-0.25, -0.2) is 4.39 Å². The minimum Gasteiger partial charge on any atom is -0.487 e. The molecule has 1 aromatic carbocycles. The molecule has 1 aliphatic rings. The molecule has 1 aliphatic heterocycles. The monoisotopic (exact) mass is 239 g/mol. The van der Waals surface area contributed by atoms with Gasteiger partial charge in [-0.05, 0) is 13.0 Å². The average molecular weight is 239 g/mol. The average Bonchev–Trinajstić information content (AvgIpc) is 2.33. The predicted octanol–water partition coefficient (Wildman–Crippen LogP) is 2.40. The quantitative estimate of drug-likeness (QED) is 0.881. The Bertz CT molecular complexity index is 376. The van der Waals surface area contributed by atoms with E-state index in [1.165, 1.54) is 6.07 Å². The first-order chi connectivity index (χ1) is 8.18. The van der Waals surface area contributed by atoms with Gasteiger partial charge in [0.15, 0.2) is 11.6 Å². The van der Waals surface area contributed by atoms with Crippen LogP contribution >= 0.6 is 0 Å². The number of para-hydroxylation sites is 1. The Morgan fingerprint density at radius 2 is 2.12 bits per heavy atom. The first-order valence-electron chi connectivity index (χ1n) is 5.97. The van der Waals surface area contributed by atoms with Gasteiger partial charge in [0.2, 0.25) is 0 Å². The third-order valence-electron chi connectivity index (χ3n) is 2.94. The molecule has 4 heteroatoms. The number of nitrogens with two attached hydrogens (primary N) is 1. The van der Waals surface area contributed by atoms with E-state index in [9.17, 15) is 4.39 Å². The lowest BCUT2D eigenvalue weighted by atomic mass is 10.1. The lowest BCUT2D eigenvalue weighted by molar-refractivity contribution is 0.0235. The molecule has 0 amide bonds. The van der Waals surface area contributed by atoms with Crippen LogP contribution in [0.15, 0.2) is 18.2 Å². The highest BCUT2D eigenvalue weighted by atomic mass is 19.1. The van der Waals surface area contributed by atoms with Crippen molar-refractivity contribution in [3.63, 3.8) is 0 Å². The number of hydrogen-bond acceptors (Lipinski definition) is 3. The van der Waals surface area contributed by atoms with Crippen molar-refractivity contribution >= 4 is 0 Å². The zero-order valence-corrected chi connectivity index (χ0v) is 9.99. The molecule has 17 heavy (non-hydrogen) atoms. The van der Waals surface area contributed by atoms with Gasteiger partial charge in [-0.2, -0.15) is 0 Å². The maximum Gasteiger partial charge on any atom is 0.165 e. The van der Waals surface area contributed by atoms with E-state index in [1.54, 1.807) is 6.07 Å². The van der Waals surface area contributed by atoms with Gasteiger partial charge in [0.25, 0.3) is 0 Å². The normalized spacial score (nSPS) is 19.0. The van der Waals surface area contributed by atoms with E-state index in [2.05, 4.69) is 0 Å². The summed E-state index contributed by atoms with van der Waals surface area (Å²) in [6, 6.07) is 4.63. The lowest BCUT2D eigenvalue weighted by Gasteiger charge is -2.25. The van der Waals surface area contributed by atoms with Crippen LogP contribution in [0.1, 0.15) is 31.4 Å². The van der Waals surface area contributed by atoms with Crippen molar-refractivity contribution < 1.29 is 13.9 Å². The number of benzene rings is 1. The Morgan fingerprint density at radius 1 is 1.41 bits per heavy atom. The molecule has 1 heterocycles. The molecule has 0 bridgehead atoms. The van der Waals surface area contributed by atoms with Crippen molar-refractivity contribution in [1.29, 1.82) is 0 Å². The second kappa shape index (κ2) is 5.47. The molecule has 0 radical (unpaired) electrons. The van der Waals surface area contributed by atoms with Gasteiger partial charge >= 0.3 is 0 Å². The number of ether oxygens (including phenoxy) is 2. The largest absolute Gasteiger partial charge is 0.487 e. The molecule has 1 atom stereocenters. The molecule has 0 saturated carbocycles. The van der Waals surface area contributed by atoms with Crippen LogP contribution in [0.25, 0.3) is 0 Å². The van der Waals surface area contributed by atoms with Crippen LogP contribution in [0, 0.1) is 5.82 Å². The van der Waals surface area contributed by atoms with E-state index < -0.39 is 0 Å². The minimum absolute atomic E-state index is 0.0261. The fourth-order valence-electron chi connectivity index (χ4n) is 1.97. The summed E-state index contributed by atoms with van der Waals surface area (Å²) >= 11 is 0. The SMILES string of the molecule is CC(N)c1cccc(F)c1OC1CCOCC1. The van der Waals surface area contributed by atoms with Crippen LogP contribution in [-0.4, -0.2) is 19.3 Å². The van der Waals surface area contributed by atoms with E-state index >= 15 is 0 Å². The van der Waals surface area contributed by atoms with Gasteiger partial charge in [-0.15, -0.1) is 0 Å². The van der Waals surface area contributed by atoms with Crippen LogP contribution < -0.4 is 10.5 Å². The third-order valence-corrected chi connectivity index (χ3v) is 2.94. The second-order valence-electron chi connectivity index (χ2n) is 4.38. The Labute approximate surface area is 101 Å². The number of rotatable bonds is 3. The van der Waals surface area contributed by atoms with Crippen molar-refractivity contribution in [3.05, 3.63) is 29.6 Å².